The second kappa shape index (κ2) is 7.11. The van der Waals surface area contributed by atoms with Gasteiger partial charge in [-0.05, 0) is 31.0 Å². The van der Waals surface area contributed by atoms with Crippen molar-refractivity contribution in [2.45, 2.75) is 31.9 Å². The second-order valence-electron chi connectivity index (χ2n) is 5.77. The average molecular weight is 347 g/mol. The fourth-order valence-electron chi connectivity index (χ4n) is 2.57. The highest BCUT2D eigenvalue weighted by Crippen LogP contribution is 2.18. The Balaban J connectivity index is 1.51. The SMILES string of the molecule is CC(CC(O)c1ccc(F)cc1)NC(=O)Cc1cn2ccsc2n1. The molecular weight excluding hydrogens is 329 g/mol. The summed E-state index contributed by atoms with van der Waals surface area (Å²) in [7, 11) is 0. The van der Waals surface area contributed by atoms with Crippen LogP contribution in [0.1, 0.15) is 30.7 Å². The normalized spacial score (nSPS) is 13.8. The molecule has 7 heteroatoms. The number of nitrogens with zero attached hydrogens (tertiary/aromatic N) is 2. The molecule has 5 nitrogen and oxygen atoms in total. The summed E-state index contributed by atoms with van der Waals surface area (Å²) >= 11 is 1.52. The summed E-state index contributed by atoms with van der Waals surface area (Å²) in [5.74, 6) is -0.480. The Bertz CT molecular complexity index is 799. The number of rotatable bonds is 6. The first-order valence-electron chi connectivity index (χ1n) is 7.65. The zero-order chi connectivity index (χ0) is 17.1. The molecule has 0 bridgehead atoms. The highest BCUT2D eigenvalue weighted by Gasteiger charge is 2.15. The van der Waals surface area contributed by atoms with Crippen molar-refractivity contribution in [3.63, 3.8) is 0 Å². The van der Waals surface area contributed by atoms with Gasteiger partial charge in [-0.25, -0.2) is 9.37 Å². The van der Waals surface area contributed by atoms with Gasteiger partial charge in [0, 0.05) is 23.8 Å². The van der Waals surface area contributed by atoms with Crippen LogP contribution in [0.5, 0.6) is 0 Å². The molecule has 2 atom stereocenters. The molecule has 3 rings (SSSR count). The van der Waals surface area contributed by atoms with Crippen molar-refractivity contribution in [3.8, 4) is 0 Å². The lowest BCUT2D eigenvalue weighted by Gasteiger charge is -2.18. The number of aliphatic hydroxyl groups is 1. The molecule has 0 aliphatic rings. The molecule has 126 valence electrons. The monoisotopic (exact) mass is 347 g/mol. The molecular formula is C17H18FN3O2S. The van der Waals surface area contributed by atoms with E-state index in [1.54, 1.807) is 12.1 Å². The number of carbonyl (C=O) groups excluding carboxylic acids is 1. The molecule has 0 aliphatic heterocycles. The average Bonchev–Trinajstić information content (AvgIpc) is 3.08. The van der Waals surface area contributed by atoms with Crippen LogP contribution in [0.15, 0.2) is 42.0 Å². The molecule has 1 amide bonds. The van der Waals surface area contributed by atoms with E-state index in [0.29, 0.717) is 17.7 Å². The van der Waals surface area contributed by atoms with E-state index in [1.165, 1.54) is 23.5 Å². The van der Waals surface area contributed by atoms with E-state index in [1.807, 2.05) is 29.1 Å². The molecule has 0 radical (unpaired) electrons. The summed E-state index contributed by atoms with van der Waals surface area (Å²) in [5.41, 5.74) is 1.34. The lowest BCUT2D eigenvalue weighted by Crippen LogP contribution is -2.34. The van der Waals surface area contributed by atoms with Crippen LogP contribution in [0, 0.1) is 5.82 Å². The minimum absolute atomic E-state index is 0.139. The fraction of sp³-hybridized carbons (Fsp3) is 0.294. The van der Waals surface area contributed by atoms with Gasteiger partial charge in [-0.15, -0.1) is 11.3 Å². The molecule has 0 fully saturated rings. The maximum atomic E-state index is 12.9. The van der Waals surface area contributed by atoms with Crippen LogP contribution >= 0.6 is 11.3 Å². The molecule has 3 aromatic rings. The minimum atomic E-state index is -0.751. The molecule has 1 aromatic carbocycles. The maximum absolute atomic E-state index is 12.9. The van der Waals surface area contributed by atoms with Crippen molar-refractivity contribution in [2.24, 2.45) is 0 Å². The lowest BCUT2D eigenvalue weighted by molar-refractivity contribution is -0.121. The Morgan fingerprint density at radius 3 is 2.88 bits per heavy atom. The number of aliphatic hydroxyl groups excluding tert-OH is 1. The third kappa shape index (κ3) is 3.98. The van der Waals surface area contributed by atoms with Crippen molar-refractivity contribution in [3.05, 3.63) is 59.1 Å². The van der Waals surface area contributed by atoms with Crippen molar-refractivity contribution < 1.29 is 14.3 Å². The number of thiazole rings is 1. The van der Waals surface area contributed by atoms with Crippen molar-refractivity contribution >= 4 is 22.2 Å². The van der Waals surface area contributed by atoms with Gasteiger partial charge in [0.25, 0.3) is 0 Å². The highest BCUT2D eigenvalue weighted by atomic mass is 32.1. The molecule has 2 N–H and O–H groups in total. The largest absolute Gasteiger partial charge is 0.388 e. The van der Waals surface area contributed by atoms with E-state index >= 15 is 0 Å². The standard InChI is InChI=1S/C17H18FN3O2S/c1-11(8-15(22)12-2-4-13(18)5-3-12)19-16(23)9-14-10-21-6-7-24-17(21)20-14/h2-7,10-11,15,22H,8-9H2,1H3,(H,19,23). The molecule has 24 heavy (non-hydrogen) atoms. The highest BCUT2D eigenvalue weighted by molar-refractivity contribution is 7.15. The van der Waals surface area contributed by atoms with E-state index in [0.717, 1.165) is 4.96 Å². The number of aromatic nitrogens is 2. The Hall–Kier alpha value is -2.25. The number of benzene rings is 1. The number of amides is 1. The molecule has 0 spiro atoms. The van der Waals surface area contributed by atoms with Crippen LogP contribution in [0.4, 0.5) is 4.39 Å². The number of hydrogen-bond donors (Lipinski definition) is 2. The zero-order valence-corrected chi connectivity index (χ0v) is 14.0. The predicted molar refractivity (Wildman–Crippen MR) is 90.4 cm³/mol. The summed E-state index contributed by atoms with van der Waals surface area (Å²) in [4.78, 5) is 17.3. The van der Waals surface area contributed by atoms with Crippen molar-refractivity contribution in [1.29, 1.82) is 0 Å². The molecule has 2 heterocycles. The number of nitrogens with one attached hydrogen (secondary N) is 1. The summed E-state index contributed by atoms with van der Waals surface area (Å²) in [6.45, 7) is 1.83. The summed E-state index contributed by atoms with van der Waals surface area (Å²) < 4.78 is 14.8. The van der Waals surface area contributed by atoms with Crippen LogP contribution in [-0.4, -0.2) is 26.4 Å². The van der Waals surface area contributed by atoms with E-state index < -0.39 is 6.10 Å². The van der Waals surface area contributed by atoms with E-state index in [2.05, 4.69) is 10.3 Å². The maximum Gasteiger partial charge on any atom is 0.226 e. The first kappa shape index (κ1) is 16.6. The van der Waals surface area contributed by atoms with E-state index in [-0.39, 0.29) is 24.2 Å². The van der Waals surface area contributed by atoms with Crippen molar-refractivity contribution in [2.75, 3.05) is 0 Å². The third-order valence-electron chi connectivity index (χ3n) is 3.72. The van der Waals surface area contributed by atoms with Gasteiger partial charge in [-0.1, -0.05) is 12.1 Å². The van der Waals surface area contributed by atoms with Crippen LogP contribution in [0.25, 0.3) is 4.96 Å². The zero-order valence-electron chi connectivity index (χ0n) is 13.1. The van der Waals surface area contributed by atoms with Crippen LogP contribution in [-0.2, 0) is 11.2 Å². The van der Waals surface area contributed by atoms with Gasteiger partial charge in [0.2, 0.25) is 5.91 Å². The Morgan fingerprint density at radius 1 is 1.42 bits per heavy atom. The van der Waals surface area contributed by atoms with Gasteiger partial charge in [-0.2, -0.15) is 0 Å². The predicted octanol–water partition coefficient (Wildman–Crippen LogP) is 2.71. The van der Waals surface area contributed by atoms with E-state index in [9.17, 15) is 14.3 Å². The summed E-state index contributed by atoms with van der Waals surface area (Å²) in [6, 6.07) is 5.51. The molecule has 2 unspecified atom stereocenters. The molecule has 2 aromatic heterocycles. The van der Waals surface area contributed by atoms with Gasteiger partial charge in [-0.3, -0.25) is 9.20 Å². The molecule has 0 aliphatic carbocycles. The number of halogens is 1. The van der Waals surface area contributed by atoms with Gasteiger partial charge >= 0.3 is 0 Å². The van der Waals surface area contributed by atoms with Gasteiger partial charge in [0.1, 0.15) is 5.82 Å². The number of fused-ring (bicyclic) bond motifs is 1. The topological polar surface area (TPSA) is 66.6 Å². The quantitative estimate of drug-likeness (QED) is 0.720. The van der Waals surface area contributed by atoms with Gasteiger partial charge in [0.15, 0.2) is 4.96 Å². The number of carbonyl (C=O) groups is 1. The van der Waals surface area contributed by atoms with Crippen LogP contribution in [0.3, 0.4) is 0 Å². The first-order valence-corrected chi connectivity index (χ1v) is 8.53. The smallest absolute Gasteiger partial charge is 0.226 e. The molecule has 0 saturated heterocycles. The first-order chi connectivity index (χ1) is 11.5. The van der Waals surface area contributed by atoms with Gasteiger partial charge in [0.05, 0.1) is 18.2 Å². The number of hydrogen-bond acceptors (Lipinski definition) is 4. The summed E-state index contributed by atoms with van der Waals surface area (Å²) in [5, 5.41) is 15.0. The summed E-state index contributed by atoms with van der Waals surface area (Å²) in [6.07, 6.45) is 3.54. The van der Waals surface area contributed by atoms with Crippen LogP contribution in [0.2, 0.25) is 0 Å². The lowest BCUT2D eigenvalue weighted by atomic mass is 10.0. The number of imidazole rings is 1. The van der Waals surface area contributed by atoms with Crippen molar-refractivity contribution in [1.82, 2.24) is 14.7 Å². The Kier molecular flexibility index (Phi) is 4.92. The van der Waals surface area contributed by atoms with Gasteiger partial charge < -0.3 is 10.4 Å². The Labute approximate surface area is 142 Å². The van der Waals surface area contributed by atoms with E-state index in [4.69, 9.17) is 0 Å². The second-order valence-corrected chi connectivity index (χ2v) is 6.65. The Morgan fingerprint density at radius 2 is 2.17 bits per heavy atom. The third-order valence-corrected chi connectivity index (χ3v) is 4.49. The van der Waals surface area contributed by atoms with Crippen LogP contribution < -0.4 is 5.32 Å². The minimum Gasteiger partial charge on any atom is -0.388 e. The fourth-order valence-corrected chi connectivity index (χ4v) is 3.29. The molecule has 0 saturated carbocycles.